The molecule has 3 fully saturated rings. The molecule has 24 heavy (non-hydrogen) atoms. The maximum absolute atomic E-state index is 13.4. The van der Waals surface area contributed by atoms with Gasteiger partial charge < -0.3 is 9.80 Å². The number of amides is 1. The number of pyridine rings is 1. The zero-order valence-corrected chi connectivity index (χ0v) is 14.9. The van der Waals surface area contributed by atoms with Crippen molar-refractivity contribution in [3.63, 3.8) is 0 Å². The number of nitrogens with zero attached hydrogens (tertiary/aromatic N) is 3. The Morgan fingerprint density at radius 1 is 1.21 bits per heavy atom. The third-order valence-electron chi connectivity index (χ3n) is 5.29. The summed E-state index contributed by atoms with van der Waals surface area (Å²) in [6.07, 6.45) is 2.32. The predicted octanol–water partition coefficient (Wildman–Crippen LogP) is 3.36. The van der Waals surface area contributed by atoms with Crippen LogP contribution in [0.15, 0.2) is 24.3 Å². The van der Waals surface area contributed by atoms with Gasteiger partial charge >= 0.3 is 0 Å². The zero-order valence-electron chi connectivity index (χ0n) is 14.1. The summed E-state index contributed by atoms with van der Waals surface area (Å²) in [6.45, 7) is 4.84. The Hall–Kier alpha value is -1.65. The smallest absolute Gasteiger partial charge is 0.254 e. The SMILES string of the molecule is Cc1cc(C(=O)N2C[C@@H]3CC[C@H]2CN(C)C3)c2cc(Cl)ccc2n1. The van der Waals surface area contributed by atoms with Crippen molar-refractivity contribution in [1.29, 1.82) is 0 Å². The van der Waals surface area contributed by atoms with Gasteiger partial charge in [0.05, 0.1) is 11.1 Å². The van der Waals surface area contributed by atoms with Gasteiger partial charge in [0.2, 0.25) is 0 Å². The van der Waals surface area contributed by atoms with Crippen molar-refractivity contribution in [2.45, 2.75) is 25.8 Å². The second kappa shape index (κ2) is 6.01. The Labute approximate surface area is 147 Å². The highest BCUT2D eigenvalue weighted by Gasteiger charge is 2.36. The standard InChI is InChI=1S/C19H22ClN3O/c1-12-7-17(16-8-14(20)4-6-18(16)21-12)19(24)23-10-13-3-5-15(23)11-22(2)9-13/h4,6-8,13,15H,3,5,9-11H2,1-2H3/t13-,15+/m1/s1. The van der Waals surface area contributed by atoms with Gasteiger partial charge in [-0.1, -0.05) is 11.6 Å². The Bertz CT molecular complexity index is 807. The molecule has 0 N–H and O–H groups in total. The van der Waals surface area contributed by atoms with Gasteiger partial charge in [0.15, 0.2) is 0 Å². The van der Waals surface area contributed by atoms with Crippen LogP contribution in [-0.2, 0) is 0 Å². The Kier molecular flexibility index (Phi) is 3.97. The van der Waals surface area contributed by atoms with Crippen molar-refractivity contribution in [3.8, 4) is 0 Å². The third-order valence-corrected chi connectivity index (χ3v) is 5.52. The number of aryl methyl sites for hydroxylation is 1. The number of aromatic nitrogens is 1. The van der Waals surface area contributed by atoms with E-state index in [1.165, 1.54) is 6.42 Å². The van der Waals surface area contributed by atoms with E-state index in [1.807, 2.05) is 31.2 Å². The van der Waals surface area contributed by atoms with Gasteiger partial charge in [0.1, 0.15) is 0 Å². The van der Waals surface area contributed by atoms with Crippen molar-refractivity contribution in [2.24, 2.45) is 5.92 Å². The lowest BCUT2D eigenvalue weighted by molar-refractivity contribution is 0.0589. The summed E-state index contributed by atoms with van der Waals surface area (Å²) in [7, 11) is 2.16. The number of hydrogen-bond donors (Lipinski definition) is 0. The molecule has 2 aromatic rings. The van der Waals surface area contributed by atoms with Crippen LogP contribution in [0.4, 0.5) is 0 Å². The number of benzene rings is 1. The Morgan fingerprint density at radius 3 is 2.88 bits per heavy atom. The molecule has 3 saturated heterocycles. The number of carbonyl (C=O) groups is 1. The van der Waals surface area contributed by atoms with E-state index in [0.717, 1.165) is 48.2 Å². The molecule has 4 nitrogen and oxygen atoms in total. The van der Waals surface area contributed by atoms with Crippen LogP contribution in [0.25, 0.3) is 10.9 Å². The number of hydrogen-bond acceptors (Lipinski definition) is 3. The number of piperidine rings is 1. The van der Waals surface area contributed by atoms with Gasteiger partial charge in [-0.3, -0.25) is 9.78 Å². The summed E-state index contributed by atoms with van der Waals surface area (Å²) in [5, 5.41) is 1.49. The first-order valence-electron chi connectivity index (χ1n) is 8.57. The van der Waals surface area contributed by atoms with E-state index in [1.54, 1.807) is 0 Å². The van der Waals surface area contributed by atoms with E-state index in [4.69, 9.17) is 11.6 Å². The number of fused-ring (bicyclic) bond motifs is 5. The lowest BCUT2D eigenvalue weighted by Gasteiger charge is -2.36. The first-order chi connectivity index (χ1) is 11.5. The molecule has 0 spiro atoms. The highest BCUT2D eigenvalue weighted by Crippen LogP contribution is 2.30. The van der Waals surface area contributed by atoms with Gasteiger partial charge in [0, 0.05) is 41.8 Å². The molecule has 1 amide bonds. The topological polar surface area (TPSA) is 36.4 Å². The molecule has 0 saturated carbocycles. The lowest BCUT2D eigenvalue weighted by Crippen LogP contribution is -2.47. The minimum Gasteiger partial charge on any atom is -0.334 e. The predicted molar refractivity (Wildman–Crippen MR) is 96.5 cm³/mol. The molecule has 126 valence electrons. The molecule has 2 atom stereocenters. The molecule has 5 heteroatoms. The number of halogens is 1. The Morgan fingerprint density at radius 2 is 2.04 bits per heavy atom. The molecule has 1 aromatic heterocycles. The highest BCUT2D eigenvalue weighted by molar-refractivity contribution is 6.31. The van der Waals surface area contributed by atoms with Crippen LogP contribution in [0.5, 0.6) is 0 Å². The third kappa shape index (κ3) is 2.78. The first kappa shape index (κ1) is 15.9. The average Bonchev–Trinajstić information content (AvgIpc) is 2.82. The van der Waals surface area contributed by atoms with Crippen molar-refractivity contribution in [1.82, 2.24) is 14.8 Å². The van der Waals surface area contributed by atoms with Crippen LogP contribution in [0.3, 0.4) is 0 Å². The summed E-state index contributed by atoms with van der Waals surface area (Å²) >= 11 is 6.17. The number of carbonyl (C=O) groups excluding carboxylic acids is 1. The van der Waals surface area contributed by atoms with Crippen molar-refractivity contribution < 1.29 is 4.79 Å². The van der Waals surface area contributed by atoms with Crippen LogP contribution in [0.1, 0.15) is 28.9 Å². The molecule has 3 aliphatic rings. The summed E-state index contributed by atoms with van der Waals surface area (Å²) < 4.78 is 0. The van der Waals surface area contributed by atoms with Gasteiger partial charge in [-0.25, -0.2) is 0 Å². The fourth-order valence-corrected chi connectivity index (χ4v) is 4.40. The fourth-order valence-electron chi connectivity index (χ4n) is 4.23. The zero-order chi connectivity index (χ0) is 16.8. The first-order valence-corrected chi connectivity index (χ1v) is 8.95. The Balaban J connectivity index is 1.77. The van der Waals surface area contributed by atoms with Crippen LogP contribution in [0.2, 0.25) is 5.02 Å². The van der Waals surface area contributed by atoms with Crippen molar-refractivity contribution in [2.75, 3.05) is 26.7 Å². The lowest BCUT2D eigenvalue weighted by atomic mass is 9.94. The van der Waals surface area contributed by atoms with Crippen LogP contribution in [0, 0.1) is 12.8 Å². The van der Waals surface area contributed by atoms with Crippen molar-refractivity contribution in [3.05, 3.63) is 40.5 Å². The van der Waals surface area contributed by atoms with E-state index in [2.05, 4.69) is 21.8 Å². The van der Waals surface area contributed by atoms with Gasteiger partial charge in [-0.2, -0.15) is 0 Å². The second-order valence-electron chi connectivity index (χ2n) is 7.25. The van der Waals surface area contributed by atoms with Crippen LogP contribution >= 0.6 is 11.6 Å². The number of rotatable bonds is 1. The monoisotopic (exact) mass is 343 g/mol. The minimum absolute atomic E-state index is 0.123. The summed E-state index contributed by atoms with van der Waals surface area (Å²) in [6, 6.07) is 7.79. The molecule has 1 aromatic carbocycles. The van der Waals surface area contributed by atoms with Gasteiger partial charge in [-0.05, 0) is 57.0 Å². The summed E-state index contributed by atoms with van der Waals surface area (Å²) in [4.78, 5) is 22.4. The van der Waals surface area contributed by atoms with Gasteiger partial charge in [0.25, 0.3) is 5.91 Å². The van der Waals surface area contributed by atoms with E-state index < -0.39 is 0 Å². The molecule has 0 aliphatic carbocycles. The summed E-state index contributed by atoms with van der Waals surface area (Å²) in [5.41, 5.74) is 2.43. The molecular formula is C19H22ClN3O. The van der Waals surface area contributed by atoms with E-state index >= 15 is 0 Å². The molecule has 5 rings (SSSR count). The van der Waals surface area contributed by atoms with E-state index in [0.29, 0.717) is 17.0 Å². The highest BCUT2D eigenvalue weighted by atomic mass is 35.5. The maximum atomic E-state index is 13.4. The molecule has 0 unspecified atom stereocenters. The van der Waals surface area contributed by atoms with Crippen molar-refractivity contribution >= 4 is 28.4 Å². The molecular weight excluding hydrogens is 322 g/mol. The second-order valence-corrected chi connectivity index (χ2v) is 7.69. The van der Waals surface area contributed by atoms with Crippen LogP contribution in [-0.4, -0.2) is 53.4 Å². The quantitative estimate of drug-likeness (QED) is 0.796. The molecule has 0 radical (unpaired) electrons. The average molecular weight is 344 g/mol. The van der Waals surface area contributed by atoms with Gasteiger partial charge in [-0.15, -0.1) is 0 Å². The number of likely N-dealkylation sites (N-methyl/N-ethyl adjacent to an activating group) is 1. The van der Waals surface area contributed by atoms with E-state index in [-0.39, 0.29) is 5.91 Å². The minimum atomic E-state index is 0.123. The largest absolute Gasteiger partial charge is 0.334 e. The molecule has 4 heterocycles. The maximum Gasteiger partial charge on any atom is 0.254 e. The molecule has 3 aliphatic heterocycles. The normalized spacial score (nSPS) is 24.4. The van der Waals surface area contributed by atoms with E-state index in [9.17, 15) is 4.79 Å². The molecule has 2 bridgehead atoms. The fraction of sp³-hybridized carbons (Fsp3) is 0.474. The summed E-state index contributed by atoms with van der Waals surface area (Å²) in [5.74, 6) is 0.702. The van der Waals surface area contributed by atoms with Crippen LogP contribution < -0.4 is 0 Å².